The lowest BCUT2D eigenvalue weighted by Crippen LogP contribution is -2.53. The second-order valence-corrected chi connectivity index (χ2v) is 6.88. The highest BCUT2D eigenvalue weighted by atomic mass is 16.3. The molecule has 1 amide bonds. The Bertz CT molecular complexity index is 549. The summed E-state index contributed by atoms with van der Waals surface area (Å²) in [5.41, 5.74) is 2.11. The molecule has 0 aromatic carbocycles. The molecule has 3 rings (SSSR count). The molecule has 2 atom stereocenters. The maximum absolute atomic E-state index is 12.4. The molecule has 23 heavy (non-hydrogen) atoms. The van der Waals surface area contributed by atoms with Crippen molar-refractivity contribution in [3.63, 3.8) is 0 Å². The number of hydrogen-bond donors (Lipinski definition) is 1. The Morgan fingerprint density at radius 3 is 2.57 bits per heavy atom. The number of amides is 1. The quantitative estimate of drug-likeness (QED) is 0.897. The van der Waals surface area contributed by atoms with E-state index < -0.39 is 0 Å². The molecular weight excluding hydrogens is 292 g/mol. The summed E-state index contributed by atoms with van der Waals surface area (Å²) in [4.78, 5) is 16.7. The SMILES string of the molecule is Cc1cc(C)n(CCC(=O)N2CCN([C@@H]3CCC[C@H]3O)CC2)n1. The van der Waals surface area contributed by atoms with E-state index in [2.05, 4.69) is 10.00 Å². The van der Waals surface area contributed by atoms with Crippen LogP contribution in [0.2, 0.25) is 0 Å². The molecule has 2 fully saturated rings. The number of aryl methyl sites for hydroxylation is 3. The van der Waals surface area contributed by atoms with Gasteiger partial charge in [0, 0.05) is 50.9 Å². The molecule has 1 aliphatic heterocycles. The van der Waals surface area contributed by atoms with E-state index in [1.165, 1.54) is 0 Å². The lowest BCUT2D eigenvalue weighted by atomic mass is 10.1. The first kappa shape index (κ1) is 16.5. The van der Waals surface area contributed by atoms with Crippen molar-refractivity contribution in [3.05, 3.63) is 17.5 Å². The van der Waals surface area contributed by atoms with Gasteiger partial charge in [0.25, 0.3) is 0 Å². The lowest BCUT2D eigenvalue weighted by molar-refractivity contribution is -0.133. The third-order valence-electron chi connectivity index (χ3n) is 5.22. The van der Waals surface area contributed by atoms with Gasteiger partial charge in [-0.3, -0.25) is 14.4 Å². The smallest absolute Gasteiger partial charge is 0.224 e. The number of aliphatic hydroxyl groups excluding tert-OH is 1. The van der Waals surface area contributed by atoms with Crippen molar-refractivity contribution in [2.75, 3.05) is 26.2 Å². The molecule has 1 aliphatic carbocycles. The van der Waals surface area contributed by atoms with E-state index in [9.17, 15) is 9.90 Å². The first-order valence-electron chi connectivity index (χ1n) is 8.75. The highest BCUT2D eigenvalue weighted by molar-refractivity contribution is 5.76. The zero-order chi connectivity index (χ0) is 16.4. The average Bonchev–Trinajstić information content (AvgIpc) is 3.10. The van der Waals surface area contributed by atoms with Gasteiger partial charge in [-0.15, -0.1) is 0 Å². The van der Waals surface area contributed by atoms with Gasteiger partial charge in [0.15, 0.2) is 0 Å². The Morgan fingerprint density at radius 1 is 1.26 bits per heavy atom. The van der Waals surface area contributed by atoms with Crippen LogP contribution in [0.1, 0.15) is 37.1 Å². The van der Waals surface area contributed by atoms with Crippen LogP contribution in [0.15, 0.2) is 6.07 Å². The zero-order valence-electron chi connectivity index (χ0n) is 14.2. The Hall–Kier alpha value is -1.40. The van der Waals surface area contributed by atoms with Crippen LogP contribution < -0.4 is 0 Å². The van der Waals surface area contributed by atoms with Crippen molar-refractivity contribution in [2.45, 2.75) is 58.2 Å². The predicted octanol–water partition coefficient (Wildman–Crippen LogP) is 0.948. The summed E-state index contributed by atoms with van der Waals surface area (Å²) in [7, 11) is 0. The molecule has 128 valence electrons. The molecular formula is C17H28N4O2. The number of hydrogen-bond acceptors (Lipinski definition) is 4. The first-order valence-corrected chi connectivity index (χ1v) is 8.75. The molecule has 0 spiro atoms. The maximum Gasteiger partial charge on any atom is 0.224 e. The molecule has 0 unspecified atom stereocenters. The van der Waals surface area contributed by atoms with Gasteiger partial charge in [0.05, 0.1) is 11.8 Å². The van der Waals surface area contributed by atoms with Gasteiger partial charge >= 0.3 is 0 Å². The fraction of sp³-hybridized carbons (Fsp3) is 0.765. The normalized spacial score (nSPS) is 26.0. The summed E-state index contributed by atoms with van der Waals surface area (Å²) >= 11 is 0. The minimum absolute atomic E-state index is 0.178. The molecule has 1 N–H and O–H groups in total. The minimum Gasteiger partial charge on any atom is -0.391 e. The number of carbonyl (C=O) groups is 1. The van der Waals surface area contributed by atoms with E-state index in [0.29, 0.717) is 19.0 Å². The molecule has 2 aliphatic rings. The van der Waals surface area contributed by atoms with Crippen molar-refractivity contribution in [1.29, 1.82) is 0 Å². The molecule has 0 bridgehead atoms. The molecule has 1 aromatic rings. The summed E-state index contributed by atoms with van der Waals surface area (Å²) in [6.45, 7) is 7.97. The van der Waals surface area contributed by atoms with Crippen molar-refractivity contribution in [1.82, 2.24) is 19.6 Å². The summed E-state index contributed by atoms with van der Waals surface area (Å²) in [6, 6.07) is 2.35. The molecule has 2 heterocycles. The molecule has 1 saturated carbocycles. The molecule has 1 saturated heterocycles. The molecule has 1 aromatic heterocycles. The van der Waals surface area contributed by atoms with Gasteiger partial charge in [0.1, 0.15) is 0 Å². The Kier molecular flexibility index (Phi) is 5.02. The monoisotopic (exact) mass is 320 g/mol. The third kappa shape index (κ3) is 3.75. The second-order valence-electron chi connectivity index (χ2n) is 6.88. The van der Waals surface area contributed by atoms with Crippen molar-refractivity contribution in [3.8, 4) is 0 Å². The summed E-state index contributed by atoms with van der Waals surface area (Å²) < 4.78 is 1.92. The van der Waals surface area contributed by atoms with Crippen LogP contribution in [0.3, 0.4) is 0 Å². The molecule has 6 nitrogen and oxygen atoms in total. The van der Waals surface area contributed by atoms with E-state index in [0.717, 1.165) is 56.8 Å². The number of nitrogens with zero attached hydrogens (tertiary/aromatic N) is 4. The zero-order valence-corrected chi connectivity index (χ0v) is 14.2. The Balaban J connectivity index is 1.45. The van der Waals surface area contributed by atoms with Crippen LogP contribution in [0.5, 0.6) is 0 Å². The third-order valence-corrected chi connectivity index (χ3v) is 5.22. The summed E-state index contributed by atoms with van der Waals surface area (Å²) in [5.74, 6) is 0.212. The van der Waals surface area contributed by atoms with Gasteiger partial charge in [-0.2, -0.15) is 5.10 Å². The molecule has 0 radical (unpaired) electrons. The molecule has 6 heteroatoms. The largest absolute Gasteiger partial charge is 0.391 e. The average molecular weight is 320 g/mol. The van der Waals surface area contributed by atoms with E-state index >= 15 is 0 Å². The minimum atomic E-state index is -0.178. The van der Waals surface area contributed by atoms with Crippen LogP contribution in [-0.4, -0.2) is 68.9 Å². The number of rotatable bonds is 4. The summed E-state index contributed by atoms with van der Waals surface area (Å²) in [5, 5.41) is 14.4. The van der Waals surface area contributed by atoms with Crippen LogP contribution in [0, 0.1) is 13.8 Å². The topological polar surface area (TPSA) is 61.6 Å². The Labute approximate surface area is 138 Å². The van der Waals surface area contributed by atoms with Crippen molar-refractivity contribution >= 4 is 5.91 Å². The second kappa shape index (κ2) is 7.01. The van der Waals surface area contributed by atoms with Gasteiger partial charge in [-0.25, -0.2) is 0 Å². The van der Waals surface area contributed by atoms with E-state index in [4.69, 9.17) is 0 Å². The van der Waals surface area contributed by atoms with Gasteiger partial charge in [-0.05, 0) is 39.2 Å². The number of carbonyl (C=O) groups excluding carboxylic acids is 1. The highest BCUT2D eigenvalue weighted by Gasteiger charge is 2.33. The van der Waals surface area contributed by atoms with Crippen LogP contribution >= 0.6 is 0 Å². The Morgan fingerprint density at radius 2 is 2.00 bits per heavy atom. The lowest BCUT2D eigenvalue weighted by Gasteiger charge is -2.39. The van der Waals surface area contributed by atoms with E-state index in [-0.39, 0.29) is 12.0 Å². The number of aliphatic hydroxyl groups is 1. The van der Waals surface area contributed by atoms with Crippen LogP contribution in [0.4, 0.5) is 0 Å². The maximum atomic E-state index is 12.4. The predicted molar refractivity (Wildman–Crippen MR) is 88.1 cm³/mol. The van der Waals surface area contributed by atoms with Gasteiger partial charge in [0.2, 0.25) is 5.91 Å². The number of aromatic nitrogens is 2. The van der Waals surface area contributed by atoms with E-state index in [1.807, 2.05) is 29.5 Å². The highest BCUT2D eigenvalue weighted by Crippen LogP contribution is 2.25. The standard InChI is InChI=1S/C17H28N4O2/c1-13-12-14(2)21(18-13)7-6-17(23)20-10-8-19(9-11-20)15-4-3-5-16(15)22/h12,15-16,22H,3-11H2,1-2H3/t15-,16-/m1/s1. The van der Waals surface area contributed by atoms with Gasteiger partial charge in [-0.1, -0.05) is 0 Å². The van der Waals surface area contributed by atoms with Crippen molar-refractivity contribution < 1.29 is 9.90 Å². The fourth-order valence-electron chi connectivity index (χ4n) is 3.91. The van der Waals surface area contributed by atoms with Crippen LogP contribution in [-0.2, 0) is 11.3 Å². The fourth-order valence-corrected chi connectivity index (χ4v) is 3.91. The summed E-state index contributed by atoms with van der Waals surface area (Å²) in [6.07, 6.45) is 3.46. The van der Waals surface area contributed by atoms with E-state index in [1.54, 1.807) is 0 Å². The van der Waals surface area contributed by atoms with Crippen molar-refractivity contribution in [2.24, 2.45) is 0 Å². The number of piperazine rings is 1. The van der Waals surface area contributed by atoms with Gasteiger partial charge < -0.3 is 10.0 Å². The van der Waals surface area contributed by atoms with Crippen LogP contribution in [0.25, 0.3) is 0 Å². The first-order chi connectivity index (χ1) is 11.0.